The fraction of sp³-hybridized carbons (Fsp3) is 0.474. The van der Waals surface area contributed by atoms with Gasteiger partial charge in [0.2, 0.25) is 10.0 Å². The number of aromatic nitrogens is 1. The SMILES string of the molecule is Cn1cccc1CN(CCCN1CCOCC1)S(=O)(=O)c1cc(Cl)ccc1Cl. The molecular formula is C19H25Cl2N3O3S. The molecule has 1 saturated heterocycles. The van der Waals surface area contributed by atoms with Crippen molar-refractivity contribution in [1.82, 2.24) is 13.8 Å². The zero-order chi connectivity index (χ0) is 20.1. The summed E-state index contributed by atoms with van der Waals surface area (Å²) < 4.78 is 35.5. The van der Waals surface area contributed by atoms with Crippen molar-refractivity contribution in [2.75, 3.05) is 39.4 Å². The molecule has 2 heterocycles. The van der Waals surface area contributed by atoms with Gasteiger partial charge in [-0.2, -0.15) is 4.31 Å². The van der Waals surface area contributed by atoms with Crippen LogP contribution < -0.4 is 0 Å². The van der Waals surface area contributed by atoms with Gasteiger partial charge in [-0.3, -0.25) is 4.90 Å². The van der Waals surface area contributed by atoms with Gasteiger partial charge in [-0.05, 0) is 43.3 Å². The van der Waals surface area contributed by atoms with Crippen molar-refractivity contribution in [3.05, 3.63) is 52.3 Å². The Kier molecular flexibility index (Phi) is 7.42. The number of nitrogens with zero attached hydrogens (tertiary/aromatic N) is 3. The third kappa shape index (κ3) is 5.28. The lowest BCUT2D eigenvalue weighted by atomic mass is 10.3. The van der Waals surface area contributed by atoms with Gasteiger partial charge >= 0.3 is 0 Å². The van der Waals surface area contributed by atoms with Crippen molar-refractivity contribution in [2.24, 2.45) is 7.05 Å². The summed E-state index contributed by atoms with van der Waals surface area (Å²) >= 11 is 12.2. The maximum atomic E-state index is 13.4. The topological polar surface area (TPSA) is 54.8 Å². The van der Waals surface area contributed by atoms with Crippen LogP contribution in [0.2, 0.25) is 10.0 Å². The molecule has 0 aliphatic carbocycles. The minimum absolute atomic E-state index is 0.0437. The van der Waals surface area contributed by atoms with Gasteiger partial charge in [-0.15, -0.1) is 0 Å². The van der Waals surface area contributed by atoms with E-state index >= 15 is 0 Å². The van der Waals surface area contributed by atoms with E-state index in [1.54, 1.807) is 6.07 Å². The van der Waals surface area contributed by atoms with Crippen LogP contribution in [0.15, 0.2) is 41.4 Å². The van der Waals surface area contributed by atoms with E-state index in [-0.39, 0.29) is 16.5 Å². The highest BCUT2D eigenvalue weighted by Gasteiger charge is 2.28. The maximum absolute atomic E-state index is 13.4. The molecule has 0 radical (unpaired) electrons. The Labute approximate surface area is 176 Å². The number of hydrogen-bond acceptors (Lipinski definition) is 4. The van der Waals surface area contributed by atoms with Crippen molar-refractivity contribution in [3.63, 3.8) is 0 Å². The van der Waals surface area contributed by atoms with Crippen molar-refractivity contribution < 1.29 is 13.2 Å². The summed E-state index contributed by atoms with van der Waals surface area (Å²) in [6.45, 7) is 4.71. The number of benzene rings is 1. The molecule has 1 aromatic heterocycles. The molecule has 0 saturated carbocycles. The Balaban J connectivity index is 1.80. The first-order chi connectivity index (χ1) is 13.4. The van der Waals surface area contributed by atoms with E-state index in [2.05, 4.69) is 4.90 Å². The first kappa shape index (κ1) is 21.6. The predicted molar refractivity (Wildman–Crippen MR) is 111 cm³/mol. The lowest BCUT2D eigenvalue weighted by Crippen LogP contribution is -2.39. The Hall–Kier alpha value is -1.09. The largest absolute Gasteiger partial charge is 0.379 e. The van der Waals surface area contributed by atoms with E-state index in [0.717, 1.165) is 45.0 Å². The van der Waals surface area contributed by atoms with Crippen LogP contribution >= 0.6 is 23.2 Å². The molecule has 1 fully saturated rings. The van der Waals surface area contributed by atoms with Crippen LogP contribution in [0.4, 0.5) is 0 Å². The predicted octanol–water partition coefficient (Wildman–Crippen LogP) is 3.25. The molecule has 0 spiro atoms. The van der Waals surface area contributed by atoms with Crippen LogP contribution in [0.3, 0.4) is 0 Å². The molecule has 3 rings (SSSR count). The minimum Gasteiger partial charge on any atom is -0.379 e. The van der Waals surface area contributed by atoms with Gasteiger partial charge in [0.15, 0.2) is 0 Å². The summed E-state index contributed by atoms with van der Waals surface area (Å²) in [7, 11) is -1.89. The number of halogens is 2. The van der Waals surface area contributed by atoms with E-state index < -0.39 is 10.0 Å². The molecule has 0 amide bonds. The molecule has 0 unspecified atom stereocenters. The van der Waals surface area contributed by atoms with E-state index in [1.807, 2.05) is 29.9 Å². The van der Waals surface area contributed by atoms with Gasteiger partial charge in [-0.25, -0.2) is 8.42 Å². The molecule has 1 aromatic carbocycles. The Morgan fingerprint density at radius 1 is 1.18 bits per heavy atom. The molecule has 1 aliphatic rings. The summed E-state index contributed by atoms with van der Waals surface area (Å²) in [6.07, 6.45) is 2.63. The van der Waals surface area contributed by atoms with Crippen molar-refractivity contribution in [3.8, 4) is 0 Å². The van der Waals surface area contributed by atoms with E-state index in [9.17, 15) is 8.42 Å². The lowest BCUT2D eigenvalue weighted by Gasteiger charge is -2.28. The zero-order valence-corrected chi connectivity index (χ0v) is 18.2. The Bertz CT molecular complexity index is 896. The first-order valence-corrected chi connectivity index (χ1v) is 11.4. The van der Waals surface area contributed by atoms with Gasteiger partial charge in [-0.1, -0.05) is 23.2 Å². The highest BCUT2D eigenvalue weighted by molar-refractivity contribution is 7.89. The second-order valence-electron chi connectivity index (χ2n) is 6.83. The normalized spacial score (nSPS) is 16.0. The smallest absolute Gasteiger partial charge is 0.244 e. The highest BCUT2D eigenvalue weighted by atomic mass is 35.5. The van der Waals surface area contributed by atoms with Gasteiger partial charge in [0.05, 0.1) is 24.8 Å². The minimum atomic E-state index is -3.79. The average Bonchev–Trinajstić information content (AvgIpc) is 3.08. The standard InChI is InChI=1S/C19H25Cl2N3O3S/c1-22-7-2-4-17(22)15-24(9-3-8-23-10-12-27-13-11-23)28(25,26)19-14-16(20)5-6-18(19)21/h2,4-7,14H,3,8-13,15H2,1H3. The van der Waals surface area contributed by atoms with Gasteiger partial charge in [0.1, 0.15) is 4.90 Å². The van der Waals surface area contributed by atoms with Crippen LogP contribution in [-0.4, -0.2) is 61.6 Å². The first-order valence-electron chi connectivity index (χ1n) is 9.23. The molecule has 154 valence electrons. The zero-order valence-electron chi connectivity index (χ0n) is 15.9. The molecule has 9 heteroatoms. The maximum Gasteiger partial charge on any atom is 0.244 e. The molecule has 1 aliphatic heterocycles. The van der Waals surface area contributed by atoms with Gasteiger partial charge < -0.3 is 9.30 Å². The summed E-state index contributed by atoms with van der Waals surface area (Å²) in [4.78, 5) is 2.34. The third-order valence-electron chi connectivity index (χ3n) is 4.89. The molecule has 2 aromatic rings. The van der Waals surface area contributed by atoms with E-state index in [0.29, 0.717) is 11.6 Å². The Morgan fingerprint density at radius 3 is 2.61 bits per heavy atom. The molecule has 0 bridgehead atoms. The number of morpholine rings is 1. The number of aryl methyl sites for hydroxylation is 1. The van der Waals surface area contributed by atoms with Gasteiger partial charge in [0.25, 0.3) is 0 Å². The lowest BCUT2D eigenvalue weighted by molar-refractivity contribution is 0.0368. The van der Waals surface area contributed by atoms with E-state index in [4.69, 9.17) is 27.9 Å². The fourth-order valence-corrected chi connectivity index (χ4v) is 5.42. The summed E-state index contributed by atoms with van der Waals surface area (Å²) in [6, 6.07) is 8.34. The van der Waals surface area contributed by atoms with Gasteiger partial charge in [0, 0.05) is 43.6 Å². The molecule has 0 N–H and O–H groups in total. The summed E-state index contributed by atoms with van der Waals surface area (Å²) in [5, 5.41) is 0.518. The fourth-order valence-electron chi connectivity index (χ4n) is 3.24. The number of sulfonamides is 1. The summed E-state index contributed by atoms with van der Waals surface area (Å²) in [5.41, 5.74) is 0.910. The van der Waals surface area contributed by atoms with E-state index in [1.165, 1.54) is 16.4 Å². The molecule has 6 nitrogen and oxygen atoms in total. The van der Waals surface area contributed by atoms with Crippen molar-refractivity contribution in [2.45, 2.75) is 17.9 Å². The summed E-state index contributed by atoms with van der Waals surface area (Å²) in [5.74, 6) is 0. The van der Waals surface area contributed by atoms with Crippen molar-refractivity contribution >= 4 is 33.2 Å². The number of rotatable bonds is 8. The molecule has 0 atom stereocenters. The number of ether oxygens (including phenoxy) is 1. The molecule has 28 heavy (non-hydrogen) atoms. The van der Waals surface area contributed by atoms with Crippen LogP contribution in [-0.2, 0) is 28.4 Å². The second kappa shape index (κ2) is 9.61. The van der Waals surface area contributed by atoms with Crippen LogP contribution in [0.5, 0.6) is 0 Å². The molecular weight excluding hydrogens is 421 g/mol. The van der Waals surface area contributed by atoms with Crippen LogP contribution in [0, 0.1) is 0 Å². The Morgan fingerprint density at radius 2 is 1.93 bits per heavy atom. The monoisotopic (exact) mass is 445 g/mol. The highest BCUT2D eigenvalue weighted by Crippen LogP contribution is 2.28. The second-order valence-corrected chi connectivity index (χ2v) is 9.58. The third-order valence-corrected chi connectivity index (χ3v) is 7.45. The quantitative estimate of drug-likeness (QED) is 0.625. The van der Waals surface area contributed by atoms with Crippen LogP contribution in [0.1, 0.15) is 12.1 Å². The van der Waals surface area contributed by atoms with Crippen LogP contribution in [0.25, 0.3) is 0 Å². The number of hydrogen-bond donors (Lipinski definition) is 0. The average molecular weight is 446 g/mol. The van der Waals surface area contributed by atoms with Crippen molar-refractivity contribution in [1.29, 1.82) is 0 Å².